The van der Waals surface area contributed by atoms with E-state index in [0.29, 0.717) is 40.4 Å². The summed E-state index contributed by atoms with van der Waals surface area (Å²) in [6.45, 7) is 0.332. The number of likely N-dealkylation sites (tertiary alicyclic amines) is 1. The first-order valence-corrected chi connectivity index (χ1v) is 12.9. The minimum absolute atomic E-state index is 0.200. The van der Waals surface area contributed by atoms with Crippen molar-refractivity contribution in [1.82, 2.24) is 14.9 Å². The van der Waals surface area contributed by atoms with Crippen LogP contribution in [0.4, 0.5) is 0 Å². The standard InChI is InChI=1S/C24H20ClN3O5S2/c25-16-7-5-14(6-8-16)21(30)19(11-20(29)28-9-1-3-17(28)23(32)33)35-24-26-12-15(13-27-24)22(31)18-4-2-10-34-18/h2,4-8,10,12-13,17,19H,1,3,9,11H2,(H,32,33)/t17-,19?/m0/s1. The van der Waals surface area contributed by atoms with E-state index in [1.807, 2.05) is 0 Å². The van der Waals surface area contributed by atoms with Gasteiger partial charge in [0, 0.05) is 35.9 Å². The number of amides is 1. The zero-order valence-electron chi connectivity index (χ0n) is 18.3. The molecule has 0 aliphatic carbocycles. The lowest BCUT2D eigenvalue weighted by Crippen LogP contribution is -2.42. The summed E-state index contributed by atoms with van der Waals surface area (Å²) in [7, 11) is 0. The molecule has 1 aliphatic rings. The number of carboxylic acids is 1. The molecule has 3 heterocycles. The third kappa shape index (κ3) is 5.95. The lowest BCUT2D eigenvalue weighted by atomic mass is 10.1. The molecule has 35 heavy (non-hydrogen) atoms. The van der Waals surface area contributed by atoms with Gasteiger partial charge in [-0.2, -0.15) is 0 Å². The Kier molecular flexibility index (Phi) is 7.94. The van der Waals surface area contributed by atoms with Gasteiger partial charge in [0.05, 0.1) is 15.7 Å². The fourth-order valence-corrected chi connectivity index (χ4v) is 5.52. The Morgan fingerprint density at radius 1 is 1.11 bits per heavy atom. The van der Waals surface area contributed by atoms with E-state index in [2.05, 4.69) is 9.97 Å². The van der Waals surface area contributed by atoms with E-state index in [0.717, 1.165) is 11.8 Å². The number of aromatic nitrogens is 2. The van der Waals surface area contributed by atoms with Crippen molar-refractivity contribution in [1.29, 1.82) is 0 Å². The maximum absolute atomic E-state index is 13.3. The van der Waals surface area contributed by atoms with Crippen LogP contribution in [0.1, 0.15) is 44.9 Å². The zero-order valence-corrected chi connectivity index (χ0v) is 20.7. The van der Waals surface area contributed by atoms with Gasteiger partial charge in [0.25, 0.3) is 0 Å². The molecule has 1 unspecified atom stereocenters. The highest BCUT2D eigenvalue weighted by molar-refractivity contribution is 8.00. The van der Waals surface area contributed by atoms with Crippen molar-refractivity contribution in [3.8, 4) is 0 Å². The average molecular weight is 530 g/mol. The van der Waals surface area contributed by atoms with Gasteiger partial charge in [-0.05, 0) is 48.6 Å². The number of rotatable bonds is 9. The number of nitrogens with zero attached hydrogens (tertiary/aromatic N) is 3. The average Bonchev–Trinajstić information content (AvgIpc) is 3.56. The second-order valence-electron chi connectivity index (χ2n) is 7.83. The van der Waals surface area contributed by atoms with E-state index in [1.165, 1.54) is 28.6 Å². The molecule has 0 radical (unpaired) electrons. The van der Waals surface area contributed by atoms with Gasteiger partial charge >= 0.3 is 5.97 Å². The molecule has 2 atom stereocenters. The Morgan fingerprint density at radius 3 is 2.46 bits per heavy atom. The molecule has 11 heteroatoms. The minimum atomic E-state index is -1.06. The normalized spacial score (nSPS) is 16.1. The van der Waals surface area contributed by atoms with Gasteiger partial charge in [0.15, 0.2) is 10.9 Å². The summed E-state index contributed by atoms with van der Waals surface area (Å²) in [4.78, 5) is 60.7. The topological polar surface area (TPSA) is 118 Å². The highest BCUT2D eigenvalue weighted by Crippen LogP contribution is 2.29. The number of benzene rings is 1. The molecule has 1 N–H and O–H groups in total. The van der Waals surface area contributed by atoms with Crippen LogP contribution in [-0.2, 0) is 9.59 Å². The smallest absolute Gasteiger partial charge is 0.326 e. The van der Waals surface area contributed by atoms with Crippen LogP contribution in [0.3, 0.4) is 0 Å². The minimum Gasteiger partial charge on any atom is -0.480 e. The molecule has 1 amide bonds. The summed E-state index contributed by atoms with van der Waals surface area (Å²) in [5.74, 6) is -2.00. The van der Waals surface area contributed by atoms with E-state index in [9.17, 15) is 24.3 Å². The summed E-state index contributed by atoms with van der Waals surface area (Å²) >= 11 is 8.26. The molecule has 3 aromatic rings. The predicted molar refractivity (Wildman–Crippen MR) is 132 cm³/mol. The summed E-state index contributed by atoms with van der Waals surface area (Å²) in [6, 6.07) is 8.91. The molecule has 1 saturated heterocycles. The maximum atomic E-state index is 13.3. The quantitative estimate of drug-likeness (QED) is 0.248. The largest absolute Gasteiger partial charge is 0.480 e. The number of carbonyl (C=O) groups is 4. The number of carbonyl (C=O) groups excluding carboxylic acids is 3. The summed E-state index contributed by atoms with van der Waals surface area (Å²) < 4.78 is 0. The van der Waals surface area contributed by atoms with Crippen LogP contribution in [0.2, 0.25) is 5.02 Å². The van der Waals surface area contributed by atoms with Crippen LogP contribution in [0, 0.1) is 0 Å². The molecular weight excluding hydrogens is 510 g/mol. The number of ketones is 2. The van der Waals surface area contributed by atoms with Crippen LogP contribution >= 0.6 is 34.7 Å². The SMILES string of the molecule is O=C(c1cnc(SC(CC(=O)N2CCC[C@H]2C(=O)O)C(=O)c2ccc(Cl)cc2)nc1)c1cccs1. The number of halogens is 1. The molecule has 0 bridgehead atoms. The van der Waals surface area contributed by atoms with Gasteiger partial charge in [-0.3, -0.25) is 14.4 Å². The van der Waals surface area contributed by atoms with Crippen molar-refractivity contribution in [2.24, 2.45) is 0 Å². The van der Waals surface area contributed by atoms with E-state index in [-0.39, 0.29) is 23.1 Å². The fourth-order valence-electron chi connectivity index (χ4n) is 3.76. The highest BCUT2D eigenvalue weighted by Gasteiger charge is 2.36. The third-order valence-corrected chi connectivity index (χ3v) is 7.73. The van der Waals surface area contributed by atoms with Crippen LogP contribution < -0.4 is 0 Å². The van der Waals surface area contributed by atoms with Gasteiger partial charge in [-0.15, -0.1) is 11.3 Å². The zero-order chi connectivity index (χ0) is 24.9. The van der Waals surface area contributed by atoms with Gasteiger partial charge in [0.2, 0.25) is 11.7 Å². The number of hydrogen-bond donors (Lipinski definition) is 1. The van der Waals surface area contributed by atoms with Crippen LogP contribution in [0.25, 0.3) is 0 Å². The van der Waals surface area contributed by atoms with Crippen molar-refractivity contribution in [3.05, 3.63) is 75.2 Å². The molecule has 1 aliphatic heterocycles. The van der Waals surface area contributed by atoms with Gasteiger partial charge in [-0.1, -0.05) is 29.4 Å². The lowest BCUT2D eigenvalue weighted by molar-refractivity contribution is -0.148. The van der Waals surface area contributed by atoms with Gasteiger partial charge < -0.3 is 10.0 Å². The van der Waals surface area contributed by atoms with E-state index in [1.54, 1.807) is 41.8 Å². The van der Waals surface area contributed by atoms with Crippen LogP contribution in [-0.4, -0.2) is 61.3 Å². The molecule has 8 nitrogen and oxygen atoms in total. The molecule has 180 valence electrons. The number of Topliss-reactive ketones (excluding diaryl/α,β-unsaturated/α-hetero) is 1. The molecule has 0 spiro atoms. The van der Waals surface area contributed by atoms with E-state index in [4.69, 9.17) is 11.6 Å². The van der Waals surface area contributed by atoms with Crippen LogP contribution in [0.5, 0.6) is 0 Å². The Balaban J connectivity index is 1.54. The monoisotopic (exact) mass is 529 g/mol. The molecule has 2 aromatic heterocycles. The van der Waals surface area contributed by atoms with E-state index < -0.39 is 23.2 Å². The Bertz CT molecular complexity index is 1230. The number of thiophene rings is 1. The second-order valence-corrected chi connectivity index (χ2v) is 10.4. The molecule has 0 saturated carbocycles. The highest BCUT2D eigenvalue weighted by atomic mass is 35.5. The molecular formula is C24H20ClN3O5S2. The first kappa shape index (κ1) is 25.0. The summed E-state index contributed by atoms with van der Waals surface area (Å²) in [5, 5.41) is 11.0. The summed E-state index contributed by atoms with van der Waals surface area (Å²) in [6.07, 6.45) is 3.55. The lowest BCUT2D eigenvalue weighted by Gasteiger charge is -2.23. The number of thioether (sulfide) groups is 1. The van der Waals surface area contributed by atoms with Crippen molar-refractivity contribution in [3.63, 3.8) is 0 Å². The van der Waals surface area contributed by atoms with Gasteiger partial charge in [-0.25, -0.2) is 14.8 Å². The Morgan fingerprint density at radius 2 is 1.83 bits per heavy atom. The third-order valence-electron chi connectivity index (χ3n) is 5.52. The number of hydrogen-bond acceptors (Lipinski definition) is 8. The maximum Gasteiger partial charge on any atom is 0.326 e. The Hall–Kier alpha value is -3.08. The first-order chi connectivity index (χ1) is 16.8. The molecule has 4 rings (SSSR count). The molecule has 1 aromatic carbocycles. The van der Waals surface area contributed by atoms with Crippen molar-refractivity contribution in [2.75, 3.05) is 6.54 Å². The number of aliphatic carboxylic acids is 1. The van der Waals surface area contributed by atoms with Crippen molar-refractivity contribution >= 4 is 58.1 Å². The predicted octanol–water partition coefficient (Wildman–Crippen LogP) is 4.23. The van der Waals surface area contributed by atoms with E-state index >= 15 is 0 Å². The van der Waals surface area contributed by atoms with Crippen molar-refractivity contribution < 1.29 is 24.3 Å². The Labute approximate surface area is 214 Å². The summed E-state index contributed by atoms with van der Waals surface area (Å²) in [5.41, 5.74) is 0.676. The fraction of sp³-hybridized carbons (Fsp3) is 0.250. The van der Waals surface area contributed by atoms with Crippen LogP contribution in [0.15, 0.2) is 59.3 Å². The van der Waals surface area contributed by atoms with Crippen molar-refractivity contribution in [2.45, 2.75) is 35.7 Å². The molecule has 1 fully saturated rings. The van der Waals surface area contributed by atoms with Gasteiger partial charge in [0.1, 0.15) is 6.04 Å². The number of carboxylic acid groups (broad SMARTS) is 1. The second kappa shape index (κ2) is 11.1. The first-order valence-electron chi connectivity index (χ1n) is 10.7.